The third-order valence-corrected chi connectivity index (χ3v) is 2.90. The van der Waals surface area contributed by atoms with Crippen molar-refractivity contribution in [3.63, 3.8) is 0 Å². The molecule has 3 heteroatoms. The minimum Gasteiger partial charge on any atom is -0.469 e. The zero-order valence-corrected chi connectivity index (χ0v) is 10.5. The monoisotopic (exact) mass is 247 g/mol. The number of benzene rings is 1. The maximum atomic E-state index is 12.8. The van der Waals surface area contributed by atoms with E-state index in [0.29, 0.717) is 6.04 Å². The third kappa shape index (κ3) is 4.00. The van der Waals surface area contributed by atoms with Crippen LogP contribution in [0.2, 0.25) is 0 Å². The van der Waals surface area contributed by atoms with Gasteiger partial charge in [0.15, 0.2) is 0 Å². The van der Waals surface area contributed by atoms with Crippen LogP contribution in [0.4, 0.5) is 4.39 Å². The first-order chi connectivity index (χ1) is 8.74. The Hall–Kier alpha value is -1.61. The van der Waals surface area contributed by atoms with Crippen molar-refractivity contribution in [1.82, 2.24) is 5.32 Å². The molecular weight excluding hydrogens is 229 g/mol. The summed E-state index contributed by atoms with van der Waals surface area (Å²) >= 11 is 0. The minimum absolute atomic E-state index is 0.183. The van der Waals surface area contributed by atoms with E-state index in [1.807, 2.05) is 24.3 Å². The lowest BCUT2D eigenvalue weighted by Crippen LogP contribution is -2.29. The highest BCUT2D eigenvalue weighted by Crippen LogP contribution is 2.06. The van der Waals surface area contributed by atoms with Crippen LogP contribution in [-0.2, 0) is 12.8 Å². The Morgan fingerprint density at radius 2 is 2.00 bits per heavy atom. The fraction of sp³-hybridized carbons (Fsp3) is 0.333. The minimum atomic E-state index is -0.183. The van der Waals surface area contributed by atoms with Crippen molar-refractivity contribution in [3.8, 4) is 0 Å². The Morgan fingerprint density at radius 3 is 2.67 bits per heavy atom. The molecule has 0 saturated heterocycles. The lowest BCUT2D eigenvalue weighted by atomic mass is 10.1. The standard InChI is InChI=1S/C15H18FNO/c1-12(11-13-4-6-14(16)7-5-13)17-9-8-15-3-2-10-18-15/h2-7,10,12,17H,8-9,11H2,1H3. The SMILES string of the molecule is CC(Cc1ccc(F)cc1)NCCc1ccco1. The van der Waals surface area contributed by atoms with Gasteiger partial charge in [-0.3, -0.25) is 0 Å². The van der Waals surface area contributed by atoms with Crippen LogP contribution in [0.1, 0.15) is 18.2 Å². The first-order valence-corrected chi connectivity index (χ1v) is 6.24. The summed E-state index contributed by atoms with van der Waals surface area (Å²) in [6.07, 6.45) is 3.48. The largest absolute Gasteiger partial charge is 0.469 e. The molecule has 1 aromatic carbocycles. The van der Waals surface area contributed by atoms with E-state index in [0.717, 1.165) is 30.7 Å². The van der Waals surface area contributed by atoms with E-state index in [4.69, 9.17) is 4.42 Å². The molecule has 1 aromatic heterocycles. The van der Waals surface area contributed by atoms with Gasteiger partial charge in [-0.1, -0.05) is 12.1 Å². The quantitative estimate of drug-likeness (QED) is 0.848. The van der Waals surface area contributed by atoms with Gasteiger partial charge >= 0.3 is 0 Å². The topological polar surface area (TPSA) is 25.2 Å². The summed E-state index contributed by atoms with van der Waals surface area (Å²) in [4.78, 5) is 0. The van der Waals surface area contributed by atoms with E-state index in [2.05, 4.69) is 12.2 Å². The predicted molar refractivity (Wildman–Crippen MR) is 70.0 cm³/mol. The molecule has 0 aliphatic heterocycles. The Balaban J connectivity index is 1.71. The zero-order chi connectivity index (χ0) is 12.8. The molecule has 0 radical (unpaired) electrons. The molecule has 0 aliphatic rings. The van der Waals surface area contributed by atoms with Gasteiger partial charge in [-0.15, -0.1) is 0 Å². The van der Waals surface area contributed by atoms with Crippen molar-refractivity contribution in [2.24, 2.45) is 0 Å². The smallest absolute Gasteiger partial charge is 0.123 e. The van der Waals surface area contributed by atoms with Crippen LogP contribution < -0.4 is 5.32 Å². The number of furan rings is 1. The van der Waals surface area contributed by atoms with Gasteiger partial charge in [0, 0.05) is 19.0 Å². The highest BCUT2D eigenvalue weighted by atomic mass is 19.1. The highest BCUT2D eigenvalue weighted by Gasteiger charge is 2.03. The molecule has 1 heterocycles. The lowest BCUT2D eigenvalue weighted by molar-refractivity contribution is 0.480. The Morgan fingerprint density at radius 1 is 1.22 bits per heavy atom. The van der Waals surface area contributed by atoms with Crippen LogP contribution in [0.5, 0.6) is 0 Å². The van der Waals surface area contributed by atoms with Gasteiger partial charge in [0.05, 0.1) is 6.26 Å². The average Bonchev–Trinajstić information content (AvgIpc) is 2.85. The van der Waals surface area contributed by atoms with Gasteiger partial charge in [-0.25, -0.2) is 4.39 Å². The number of rotatable bonds is 6. The summed E-state index contributed by atoms with van der Waals surface area (Å²) in [5.41, 5.74) is 1.15. The van der Waals surface area contributed by atoms with Crippen LogP contribution in [0.3, 0.4) is 0 Å². The molecule has 1 atom stereocenters. The van der Waals surface area contributed by atoms with Crippen LogP contribution in [0.15, 0.2) is 47.1 Å². The van der Waals surface area contributed by atoms with Crippen LogP contribution >= 0.6 is 0 Å². The molecule has 2 aromatic rings. The molecule has 0 fully saturated rings. The van der Waals surface area contributed by atoms with Gasteiger partial charge in [0.1, 0.15) is 11.6 Å². The molecule has 96 valence electrons. The normalized spacial score (nSPS) is 12.6. The van der Waals surface area contributed by atoms with E-state index in [-0.39, 0.29) is 5.82 Å². The van der Waals surface area contributed by atoms with Crippen LogP contribution in [-0.4, -0.2) is 12.6 Å². The van der Waals surface area contributed by atoms with E-state index in [9.17, 15) is 4.39 Å². The summed E-state index contributed by atoms with van der Waals surface area (Å²) in [7, 11) is 0. The second-order valence-corrected chi connectivity index (χ2v) is 4.52. The van der Waals surface area contributed by atoms with E-state index >= 15 is 0 Å². The average molecular weight is 247 g/mol. The number of nitrogens with one attached hydrogen (secondary N) is 1. The second kappa shape index (κ2) is 6.36. The fourth-order valence-corrected chi connectivity index (χ4v) is 1.94. The molecule has 0 bridgehead atoms. The number of hydrogen-bond donors (Lipinski definition) is 1. The van der Waals surface area contributed by atoms with Gasteiger partial charge in [-0.05, 0) is 43.2 Å². The molecule has 0 spiro atoms. The summed E-state index contributed by atoms with van der Waals surface area (Å²) in [6.45, 7) is 3.02. The summed E-state index contributed by atoms with van der Waals surface area (Å²) < 4.78 is 18.0. The summed E-state index contributed by atoms with van der Waals surface area (Å²) in [5, 5.41) is 3.43. The van der Waals surface area contributed by atoms with Crippen molar-refractivity contribution in [2.75, 3.05) is 6.54 Å². The number of halogens is 1. The van der Waals surface area contributed by atoms with Crippen molar-refractivity contribution in [3.05, 3.63) is 59.8 Å². The van der Waals surface area contributed by atoms with Gasteiger partial charge in [0.25, 0.3) is 0 Å². The summed E-state index contributed by atoms with van der Waals surface area (Å²) in [6, 6.07) is 10.9. The summed E-state index contributed by atoms with van der Waals surface area (Å²) in [5.74, 6) is 0.814. The van der Waals surface area contributed by atoms with Crippen LogP contribution in [0, 0.1) is 5.82 Å². The van der Waals surface area contributed by atoms with Crippen molar-refractivity contribution in [1.29, 1.82) is 0 Å². The molecule has 18 heavy (non-hydrogen) atoms. The van der Waals surface area contributed by atoms with Gasteiger partial charge in [0.2, 0.25) is 0 Å². The molecule has 0 aliphatic carbocycles. The van der Waals surface area contributed by atoms with Crippen LogP contribution in [0.25, 0.3) is 0 Å². The van der Waals surface area contributed by atoms with Crippen molar-refractivity contribution in [2.45, 2.75) is 25.8 Å². The van der Waals surface area contributed by atoms with E-state index < -0.39 is 0 Å². The molecule has 0 saturated carbocycles. The number of hydrogen-bond acceptors (Lipinski definition) is 2. The van der Waals surface area contributed by atoms with Gasteiger partial charge < -0.3 is 9.73 Å². The Bertz CT molecular complexity index is 450. The van der Waals surface area contributed by atoms with Gasteiger partial charge in [-0.2, -0.15) is 0 Å². The Labute approximate surface area is 107 Å². The maximum absolute atomic E-state index is 12.8. The highest BCUT2D eigenvalue weighted by molar-refractivity contribution is 5.17. The van der Waals surface area contributed by atoms with Crippen molar-refractivity contribution >= 4 is 0 Å². The first kappa shape index (κ1) is 12.8. The maximum Gasteiger partial charge on any atom is 0.123 e. The second-order valence-electron chi connectivity index (χ2n) is 4.52. The van der Waals surface area contributed by atoms with E-state index in [1.165, 1.54) is 12.1 Å². The fourth-order valence-electron chi connectivity index (χ4n) is 1.94. The molecule has 2 rings (SSSR count). The zero-order valence-electron chi connectivity index (χ0n) is 10.5. The lowest BCUT2D eigenvalue weighted by Gasteiger charge is -2.13. The molecule has 2 nitrogen and oxygen atoms in total. The molecular formula is C15H18FNO. The molecule has 1 unspecified atom stereocenters. The molecule has 0 amide bonds. The predicted octanol–water partition coefficient (Wildman–Crippen LogP) is 3.18. The third-order valence-electron chi connectivity index (χ3n) is 2.90. The Kier molecular flexibility index (Phi) is 4.53. The molecule has 1 N–H and O–H groups in total. The van der Waals surface area contributed by atoms with Crippen molar-refractivity contribution < 1.29 is 8.81 Å². The first-order valence-electron chi connectivity index (χ1n) is 6.24. The van der Waals surface area contributed by atoms with E-state index in [1.54, 1.807) is 6.26 Å².